The van der Waals surface area contributed by atoms with E-state index in [1.165, 1.54) is 25.7 Å². The van der Waals surface area contributed by atoms with E-state index < -0.39 is 6.61 Å². The normalized spacial score (nSPS) is 28.2. The molecular formula is C16H21F2NO. The monoisotopic (exact) mass is 281 g/mol. The lowest BCUT2D eigenvalue weighted by molar-refractivity contribution is -0.0498. The van der Waals surface area contributed by atoms with Gasteiger partial charge in [0.2, 0.25) is 0 Å². The summed E-state index contributed by atoms with van der Waals surface area (Å²) in [5.74, 6) is 2.99. The van der Waals surface area contributed by atoms with Crippen molar-refractivity contribution in [3.63, 3.8) is 0 Å². The maximum Gasteiger partial charge on any atom is 0.387 e. The Morgan fingerprint density at radius 3 is 2.55 bits per heavy atom. The summed E-state index contributed by atoms with van der Waals surface area (Å²) in [6.45, 7) is -0.879. The summed E-state index contributed by atoms with van der Waals surface area (Å²) in [6, 6.07) is 6.87. The van der Waals surface area contributed by atoms with E-state index in [-0.39, 0.29) is 5.75 Å². The van der Waals surface area contributed by atoms with Gasteiger partial charge in [0.15, 0.2) is 0 Å². The SMILES string of the molecule is FC(F)Oc1ccc(CNCC2CC3CCC2C3)cc1. The van der Waals surface area contributed by atoms with Crippen molar-refractivity contribution in [2.24, 2.45) is 17.8 Å². The standard InChI is InChI=1S/C16H21F2NO/c17-16(18)20-15-5-2-11(3-6-15)9-19-10-14-8-12-1-4-13(14)7-12/h2-3,5-6,12-14,16,19H,1,4,7-10H2. The van der Waals surface area contributed by atoms with Gasteiger partial charge in [0, 0.05) is 6.54 Å². The van der Waals surface area contributed by atoms with Crippen LogP contribution >= 0.6 is 0 Å². The Kier molecular flexibility index (Phi) is 4.20. The number of ether oxygens (including phenoxy) is 1. The summed E-state index contributed by atoms with van der Waals surface area (Å²) in [5.41, 5.74) is 1.11. The maximum atomic E-state index is 12.0. The number of halogens is 2. The van der Waals surface area contributed by atoms with Crippen molar-refractivity contribution < 1.29 is 13.5 Å². The summed E-state index contributed by atoms with van der Waals surface area (Å²) >= 11 is 0. The summed E-state index contributed by atoms with van der Waals surface area (Å²) in [5, 5.41) is 3.50. The molecule has 2 fully saturated rings. The molecule has 0 heterocycles. The molecule has 3 rings (SSSR count). The maximum absolute atomic E-state index is 12.0. The molecular weight excluding hydrogens is 260 g/mol. The molecule has 2 nitrogen and oxygen atoms in total. The van der Waals surface area contributed by atoms with Gasteiger partial charge in [-0.1, -0.05) is 18.6 Å². The van der Waals surface area contributed by atoms with Gasteiger partial charge in [-0.05, 0) is 61.3 Å². The third kappa shape index (κ3) is 3.29. The molecule has 0 amide bonds. The number of hydrogen-bond donors (Lipinski definition) is 1. The number of fused-ring (bicyclic) bond motifs is 2. The second kappa shape index (κ2) is 6.08. The molecule has 20 heavy (non-hydrogen) atoms. The van der Waals surface area contributed by atoms with Crippen LogP contribution in [0.5, 0.6) is 5.75 Å². The molecule has 4 heteroatoms. The average Bonchev–Trinajstić information content (AvgIpc) is 3.02. The lowest BCUT2D eigenvalue weighted by Crippen LogP contribution is -2.26. The van der Waals surface area contributed by atoms with Crippen molar-refractivity contribution in [2.75, 3.05) is 6.54 Å². The van der Waals surface area contributed by atoms with Crippen LogP contribution < -0.4 is 10.1 Å². The predicted molar refractivity (Wildman–Crippen MR) is 73.7 cm³/mol. The molecule has 3 atom stereocenters. The van der Waals surface area contributed by atoms with Gasteiger partial charge in [0.1, 0.15) is 5.75 Å². The lowest BCUT2D eigenvalue weighted by Gasteiger charge is -2.21. The number of rotatable bonds is 6. The average molecular weight is 281 g/mol. The minimum atomic E-state index is -2.75. The molecule has 1 aromatic carbocycles. The van der Waals surface area contributed by atoms with E-state index in [2.05, 4.69) is 10.1 Å². The Balaban J connectivity index is 1.42. The van der Waals surface area contributed by atoms with Crippen LogP contribution in [-0.2, 0) is 6.54 Å². The van der Waals surface area contributed by atoms with Gasteiger partial charge < -0.3 is 10.1 Å². The fourth-order valence-electron chi connectivity index (χ4n) is 3.82. The third-order valence-corrected chi connectivity index (χ3v) is 4.77. The number of benzene rings is 1. The molecule has 0 aromatic heterocycles. The molecule has 2 bridgehead atoms. The summed E-state index contributed by atoms with van der Waals surface area (Å²) in [6.07, 6.45) is 5.67. The van der Waals surface area contributed by atoms with Gasteiger partial charge in [-0.3, -0.25) is 0 Å². The van der Waals surface area contributed by atoms with E-state index in [9.17, 15) is 8.78 Å². The molecule has 1 aromatic rings. The molecule has 3 unspecified atom stereocenters. The van der Waals surface area contributed by atoms with Gasteiger partial charge in [0.25, 0.3) is 0 Å². The molecule has 0 saturated heterocycles. The van der Waals surface area contributed by atoms with Crippen LogP contribution in [0.15, 0.2) is 24.3 Å². The molecule has 2 saturated carbocycles. The van der Waals surface area contributed by atoms with Crippen molar-refractivity contribution in [1.29, 1.82) is 0 Å². The van der Waals surface area contributed by atoms with Gasteiger partial charge in [-0.15, -0.1) is 0 Å². The minimum absolute atomic E-state index is 0.219. The van der Waals surface area contributed by atoms with Crippen molar-refractivity contribution in [1.82, 2.24) is 5.32 Å². The lowest BCUT2D eigenvalue weighted by atomic mass is 9.89. The molecule has 2 aliphatic carbocycles. The largest absolute Gasteiger partial charge is 0.435 e. The molecule has 2 aliphatic rings. The fraction of sp³-hybridized carbons (Fsp3) is 0.625. The quantitative estimate of drug-likeness (QED) is 0.856. The second-order valence-electron chi connectivity index (χ2n) is 6.09. The molecule has 110 valence electrons. The summed E-state index contributed by atoms with van der Waals surface area (Å²) in [4.78, 5) is 0. The van der Waals surface area contributed by atoms with Gasteiger partial charge in [-0.2, -0.15) is 8.78 Å². The van der Waals surface area contributed by atoms with Crippen LogP contribution in [0.3, 0.4) is 0 Å². The zero-order valence-electron chi connectivity index (χ0n) is 11.5. The van der Waals surface area contributed by atoms with Crippen molar-refractivity contribution >= 4 is 0 Å². The van der Waals surface area contributed by atoms with E-state index in [4.69, 9.17) is 0 Å². The first-order valence-corrected chi connectivity index (χ1v) is 7.45. The Bertz CT molecular complexity index is 435. The highest BCUT2D eigenvalue weighted by Gasteiger charge is 2.38. The third-order valence-electron chi connectivity index (χ3n) is 4.77. The first-order chi connectivity index (χ1) is 9.70. The highest BCUT2D eigenvalue weighted by atomic mass is 19.3. The van der Waals surface area contributed by atoms with Crippen molar-refractivity contribution in [3.05, 3.63) is 29.8 Å². The number of nitrogens with one attached hydrogen (secondary N) is 1. The number of alkyl halides is 2. The minimum Gasteiger partial charge on any atom is -0.435 e. The number of hydrogen-bond acceptors (Lipinski definition) is 2. The fourth-order valence-corrected chi connectivity index (χ4v) is 3.82. The highest BCUT2D eigenvalue weighted by molar-refractivity contribution is 5.27. The summed E-state index contributed by atoms with van der Waals surface area (Å²) in [7, 11) is 0. The predicted octanol–water partition coefficient (Wildman–Crippen LogP) is 3.81. The molecule has 0 radical (unpaired) electrons. The van der Waals surface area contributed by atoms with E-state index in [1.54, 1.807) is 12.1 Å². The topological polar surface area (TPSA) is 21.3 Å². The van der Waals surface area contributed by atoms with Gasteiger partial charge in [-0.25, -0.2) is 0 Å². The van der Waals surface area contributed by atoms with Crippen molar-refractivity contribution in [3.8, 4) is 5.75 Å². The smallest absolute Gasteiger partial charge is 0.387 e. The van der Waals surface area contributed by atoms with Crippen LogP contribution in [0, 0.1) is 17.8 Å². The van der Waals surface area contributed by atoms with E-state index in [0.29, 0.717) is 0 Å². The Morgan fingerprint density at radius 1 is 1.15 bits per heavy atom. The Hall–Kier alpha value is -1.16. The zero-order valence-corrected chi connectivity index (χ0v) is 11.5. The van der Waals surface area contributed by atoms with E-state index in [1.807, 2.05) is 12.1 Å². The molecule has 1 N–H and O–H groups in total. The van der Waals surface area contributed by atoms with E-state index in [0.717, 1.165) is 36.4 Å². The van der Waals surface area contributed by atoms with Crippen LogP contribution in [0.4, 0.5) is 8.78 Å². The van der Waals surface area contributed by atoms with Crippen LogP contribution in [0.25, 0.3) is 0 Å². The van der Waals surface area contributed by atoms with Crippen LogP contribution in [-0.4, -0.2) is 13.2 Å². The van der Waals surface area contributed by atoms with Crippen LogP contribution in [0.2, 0.25) is 0 Å². The Morgan fingerprint density at radius 2 is 1.95 bits per heavy atom. The van der Waals surface area contributed by atoms with E-state index >= 15 is 0 Å². The van der Waals surface area contributed by atoms with Crippen molar-refractivity contribution in [2.45, 2.75) is 38.8 Å². The highest BCUT2D eigenvalue weighted by Crippen LogP contribution is 2.47. The summed E-state index contributed by atoms with van der Waals surface area (Å²) < 4.78 is 28.4. The first kappa shape index (κ1) is 13.8. The molecule has 0 spiro atoms. The van der Waals surface area contributed by atoms with Gasteiger partial charge >= 0.3 is 6.61 Å². The Labute approximate surface area is 118 Å². The first-order valence-electron chi connectivity index (χ1n) is 7.45. The second-order valence-corrected chi connectivity index (χ2v) is 6.09. The van der Waals surface area contributed by atoms with Crippen LogP contribution in [0.1, 0.15) is 31.2 Å². The zero-order chi connectivity index (χ0) is 13.9. The van der Waals surface area contributed by atoms with Gasteiger partial charge in [0.05, 0.1) is 0 Å². The molecule has 0 aliphatic heterocycles.